The van der Waals surface area contributed by atoms with Gasteiger partial charge < -0.3 is 4.90 Å². The van der Waals surface area contributed by atoms with Crippen molar-refractivity contribution in [2.45, 2.75) is 19.9 Å². The molecular weight excluding hydrogens is 405 g/mol. The number of hydrogen-bond donors (Lipinski definition) is 0. The van der Waals surface area contributed by atoms with Crippen molar-refractivity contribution in [1.29, 1.82) is 0 Å². The number of benzene rings is 2. The lowest BCUT2D eigenvalue weighted by Crippen LogP contribution is -2.35. The third kappa shape index (κ3) is 4.44. The average molecular weight is 429 g/mol. The standard InChI is InChI=1S/C26H24FN3O2/c1-2-29(17-14-19-12-15-28-16-13-19)24-23(21-6-4-3-5-7-21)25(31)30(26(24)32)18-20-8-10-22(27)11-9-20/h3-13,15-16H,2,14,17-18H2,1H3. The van der Waals surface area contributed by atoms with Crippen molar-refractivity contribution in [3.05, 3.63) is 107 Å². The Labute approximate surface area is 186 Å². The quantitative estimate of drug-likeness (QED) is 0.507. The average Bonchev–Trinajstić information content (AvgIpc) is 3.07. The lowest BCUT2D eigenvalue weighted by molar-refractivity contribution is -0.138. The highest BCUT2D eigenvalue weighted by atomic mass is 19.1. The summed E-state index contributed by atoms with van der Waals surface area (Å²) in [6, 6.07) is 19.0. The molecule has 0 atom stereocenters. The Kier molecular flexibility index (Phi) is 6.40. The molecule has 2 amide bonds. The highest BCUT2D eigenvalue weighted by Crippen LogP contribution is 2.32. The SMILES string of the molecule is CCN(CCc1ccncc1)C1=C(c2ccccc2)C(=O)N(Cc2ccc(F)cc2)C1=O. The van der Waals surface area contributed by atoms with Crippen molar-refractivity contribution in [2.75, 3.05) is 13.1 Å². The van der Waals surface area contributed by atoms with Crippen LogP contribution in [0.15, 0.2) is 84.8 Å². The van der Waals surface area contributed by atoms with Gasteiger partial charge in [-0.2, -0.15) is 0 Å². The summed E-state index contributed by atoms with van der Waals surface area (Å²) in [6.45, 7) is 3.25. The molecule has 5 nitrogen and oxygen atoms in total. The smallest absolute Gasteiger partial charge is 0.278 e. The normalized spacial score (nSPS) is 13.8. The van der Waals surface area contributed by atoms with E-state index in [1.54, 1.807) is 24.5 Å². The van der Waals surface area contributed by atoms with E-state index in [9.17, 15) is 14.0 Å². The highest BCUT2D eigenvalue weighted by molar-refractivity contribution is 6.35. The Balaban J connectivity index is 1.67. The molecule has 1 aliphatic rings. The molecule has 0 saturated carbocycles. The van der Waals surface area contributed by atoms with E-state index >= 15 is 0 Å². The second kappa shape index (κ2) is 9.56. The molecule has 3 aromatic rings. The number of rotatable bonds is 8. The predicted molar refractivity (Wildman–Crippen MR) is 121 cm³/mol. The fraction of sp³-hybridized carbons (Fsp3) is 0.192. The van der Waals surface area contributed by atoms with Gasteiger partial charge in [0.2, 0.25) is 0 Å². The summed E-state index contributed by atoms with van der Waals surface area (Å²) >= 11 is 0. The summed E-state index contributed by atoms with van der Waals surface area (Å²) in [5, 5.41) is 0. The minimum absolute atomic E-state index is 0.0969. The number of aromatic nitrogens is 1. The van der Waals surface area contributed by atoms with E-state index in [2.05, 4.69) is 4.98 Å². The molecule has 1 aromatic heterocycles. The molecule has 1 aliphatic heterocycles. The van der Waals surface area contributed by atoms with E-state index in [0.29, 0.717) is 35.5 Å². The molecule has 6 heteroatoms. The number of nitrogens with zero attached hydrogens (tertiary/aromatic N) is 3. The Morgan fingerprint density at radius 1 is 0.875 bits per heavy atom. The van der Waals surface area contributed by atoms with Crippen molar-refractivity contribution >= 4 is 17.4 Å². The maximum atomic E-state index is 13.5. The molecule has 4 rings (SSSR count). The topological polar surface area (TPSA) is 53.5 Å². The summed E-state index contributed by atoms with van der Waals surface area (Å²) in [5.41, 5.74) is 3.35. The third-order valence-corrected chi connectivity index (χ3v) is 5.58. The summed E-state index contributed by atoms with van der Waals surface area (Å²) in [6.07, 6.45) is 4.21. The van der Waals surface area contributed by atoms with Gasteiger partial charge >= 0.3 is 0 Å². The zero-order valence-corrected chi connectivity index (χ0v) is 17.9. The van der Waals surface area contributed by atoms with Gasteiger partial charge in [-0.15, -0.1) is 0 Å². The first-order valence-electron chi connectivity index (χ1n) is 10.6. The van der Waals surface area contributed by atoms with Gasteiger partial charge in [0, 0.05) is 25.5 Å². The Morgan fingerprint density at radius 3 is 2.22 bits per heavy atom. The monoisotopic (exact) mass is 429 g/mol. The van der Waals surface area contributed by atoms with Crippen LogP contribution in [0.1, 0.15) is 23.6 Å². The molecule has 2 aromatic carbocycles. The molecule has 0 spiro atoms. The maximum absolute atomic E-state index is 13.5. The molecule has 0 bridgehead atoms. The zero-order valence-electron chi connectivity index (χ0n) is 17.9. The molecular formula is C26H24FN3O2. The largest absolute Gasteiger partial charge is 0.366 e. The number of carbonyl (C=O) groups is 2. The van der Waals surface area contributed by atoms with Gasteiger partial charge in [-0.25, -0.2) is 4.39 Å². The van der Waals surface area contributed by atoms with Crippen molar-refractivity contribution in [3.8, 4) is 0 Å². The molecule has 0 unspecified atom stereocenters. The molecule has 0 fully saturated rings. The van der Waals surface area contributed by atoms with Gasteiger partial charge in [-0.1, -0.05) is 42.5 Å². The first-order valence-corrected chi connectivity index (χ1v) is 10.6. The Bertz CT molecular complexity index is 1130. The van der Waals surface area contributed by atoms with Crippen molar-refractivity contribution in [3.63, 3.8) is 0 Å². The van der Waals surface area contributed by atoms with Crippen LogP contribution in [0.5, 0.6) is 0 Å². The van der Waals surface area contributed by atoms with Crippen molar-refractivity contribution in [1.82, 2.24) is 14.8 Å². The highest BCUT2D eigenvalue weighted by Gasteiger charge is 2.41. The molecule has 2 heterocycles. The van der Waals surface area contributed by atoms with Crippen LogP contribution in [0.2, 0.25) is 0 Å². The lowest BCUT2D eigenvalue weighted by atomic mass is 10.0. The maximum Gasteiger partial charge on any atom is 0.278 e. The second-order valence-electron chi connectivity index (χ2n) is 7.60. The van der Waals surface area contributed by atoms with Crippen molar-refractivity contribution in [2.24, 2.45) is 0 Å². The van der Waals surface area contributed by atoms with E-state index in [1.165, 1.54) is 17.0 Å². The van der Waals surface area contributed by atoms with Gasteiger partial charge in [-0.3, -0.25) is 19.5 Å². The van der Waals surface area contributed by atoms with Gasteiger partial charge in [0.1, 0.15) is 11.5 Å². The van der Waals surface area contributed by atoms with Gasteiger partial charge in [0.05, 0.1) is 12.1 Å². The van der Waals surface area contributed by atoms with E-state index in [1.807, 2.05) is 54.3 Å². The molecule has 162 valence electrons. The number of hydrogen-bond acceptors (Lipinski definition) is 4. The third-order valence-electron chi connectivity index (χ3n) is 5.58. The van der Waals surface area contributed by atoms with Crippen molar-refractivity contribution < 1.29 is 14.0 Å². The van der Waals surface area contributed by atoms with E-state index in [0.717, 1.165) is 12.0 Å². The van der Waals surface area contributed by atoms with Crippen LogP contribution in [0, 0.1) is 5.82 Å². The molecule has 0 aliphatic carbocycles. The second-order valence-corrected chi connectivity index (χ2v) is 7.60. The zero-order chi connectivity index (χ0) is 22.5. The number of likely N-dealkylation sites (N-methyl/N-ethyl adjacent to an activating group) is 1. The van der Waals surface area contributed by atoms with Crippen LogP contribution in [0.25, 0.3) is 5.57 Å². The van der Waals surface area contributed by atoms with Gasteiger partial charge in [0.25, 0.3) is 11.8 Å². The number of imide groups is 1. The van der Waals surface area contributed by atoms with Crippen LogP contribution in [-0.4, -0.2) is 39.7 Å². The van der Waals surface area contributed by atoms with Crippen LogP contribution in [0.3, 0.4) is 0 Å². The summed E-state index contributed by atoms with van der Waals surface area (Å²) < 4.78 is 13.3. The van der Waals surface area contributed by atoms with Crippen LogP contribution < -0.4 is 0 Å². The summed E-state index contributed by atoms with van der Waals surface area (Å²) in [4.78, 5) is 34.2. The first kappa shape index (κ1) is 21.4. The lowest BCUT2D eigenvalue weighted by Gasteiger charge is -2.25. The molecule has 0 saturated heterocycles. The summed E-state index contributed by atoms with van der Waals surface area (Å²) in [5.74, 6) is -1.01. The van der Waals surface area contributed by atoms with Gasteiger partial charge in [0.15, 0.2) is 0 Å². The van der Waals surface area contributed by atoms with Crippen LogP contribution >= 0.6 is 0 Å². The molecule has 0 radical (unpaired) electrons. The Hall–Kier alpha value is -3.80. The van der Waals surface area contributed by atoms with E-state index in [-0.39, 0.29) is 24.2 Å². The molecule has 0 N–H and O–H groups in total. The summed E-state index contributed by atoms with van der Waals surface area (Å²) in [7, 11) is 0. The molecule has 32 heavy (non-hydrogen) atoms. The fourth-order valence-electron chi connectivity index (χ4n) is 3.88. The van der Waals surface area contributed by atoms with Gasteiger partial charge in [-0.05, 0) is 54.3 Å². The first-order chi connectivity index (χ1) is 15.6. The minimum Gasteiger partial charge on any atom is -0.366 e. The number of amides is 2. The number of pyridine rings is 1. The van der Waals surface area contributed by atoms with E-state index in [4.69, 9.17) is 0 Å². The Morgan fingerprint density at radius 2 is 1.56 bits per heavy atom. The number of halogens is 1. The number of carbonyl (C=O) groups excluding carboxylic acids is 2. The van der Waals surface area contributed by atoms with Crippen LogP contribution in [-0.2, 0) is 22.6 Å². The van der Waals surface area contributed by atoms with Crippen LogP contribution in [0.4, 0.5) is 4.39 Å². The fourth-order valence-corrected chi connectivity index (χ4v) is 3.88. The minimum atomic E-state index is -0.357. The van der Waals surface area contributed by atoms with E-state index < -0.39 is 0 Å². The predicted octanol–water partition coefficient (Wildman–Crippen LogP) is 4.07.